The van der Waals surface area contributed by atoms with Crippen LogP contribution in [0.3, 0.4) is 0 Å². The molecule has 0 unspecified atom stereocenters. The Labute approximate surface area is 98.1 Å². The second-order valence-electron chi connectivity index (χ2n) is 2.66. The maximum absolute atomic E-state index is 12.4. The Hall–Kier alpha value is -1.11. The zero-order valence-corrected chi connectivity index (χ0v) is 9.89. The van der Waals surface area contributed by atoms with Crippen molar-refractivity contribution in [2.24, 2.45) is 5.14 Å². The third-order valence-corrected chi connectivity index (χ3v) is 3.67. The Bertz CT molecular complexity index is 568. The van der Waals surface area contributed by atoms with Gasteiger partial charge in [-0.05, 0) is 15.9 Å². The topological polar surface area (TPSA) is 96.8 Å². The van der Waals surface area contributed by atoms with Crippen LogP contribution in [0.15, 0.2) is 15.6 Å². The van der Waals surface area contributed by atoms with Crippen LogP contribution in [0.25, 0.3) is 0 Å². The molecule has 0 atom stereocenters. The molecule has 1 aromatic rings. The van der Waals surface area contributed by atoms with Gasteiger partial charge in [0.05, 0.1) is 10.0 Å². The number of aromatic nitrogens is 1. The molecule has 0 radical (unpaired) electrons. The first-order valence-corrected chi connectivity index (χ1v) is 6.02. The number of primary sulfonamides is 1. The Kier molecular flexibility index (Phi) is 3.57. The molecule has 16 heavy (non-hydrogen) atoms. The molecule has 1 rings (SSSR count). The molecule has 1 aromatic heterocycles. The molecule has 9 heteroatoms. The minimum Gasteiger partial charge on any atom is -0.253 e. The van der Waals surface area contributed by atoms with Crippen LogP contribution in [-0.4, -0.2) is 13.4 Å². The quantitative estimate of drug-likeness (QED) is 0.890. The predicted molar refractivity (Wildman–Crippen MR) is 53.0 cm³/mol. The van der Waals surface area contributed by atoms with Gasteiger partial charge < -0.3 is 0 Å². The third kappa shape index (κ3) is 2.34. The zero-order valence-electron chi connectivity index (χ0n) is 7.49. The Morgan fingerprint density at radius 1 is 1.56 bits per heavy atom. The lowest BCUT2D eigenvalue weighted by Crippen LogP contribution is -2.16. The van der Waals surface area contributed by atoms with Gasteiger partial charge in [-0.2, -0.15) is 5.26 Å². The first kappa shape index (κ1) is 13.0. The number of halogens is 3. The highest BCUT2D eigenvalue weighted by Gasteiger charge is 2.25. The molecule has 0 aliphatic heterocycles. The lowest BCUT2D eigenvalue weighted by atomic mass is 10.2. The molecule has 0 fully saturated rings. The summed E-state index contributed by atoms with van der Waals surface area (Å²) in [6.45, 7) is 0. The Morgan fingerprint density at radius 2 is 2.12 bits per heavy atom. The molecule has 2 N–H and O–H groups in total. The van der Waals surface area contributed by atoms with Crippen LogP contribution in [0.2, 0.25) is 0 Å². The van der Waals surface area contributed by atoms with Gasteiger partial charge in [-0.25, -0.2) is 22.3 Å². The molecular formula is C7H4BrF2N3O2S. The van der Waals surface area contributed by atoms with E-state index in [2.05, 4.69) is 20.9 Å². The summed E-state index contributed by atoms with van der Waals surface area (Å²) in [6.07, 6.45) is -2.23. The van der Waals surface area contributed by atoms with Crippen molar-refractivity contribution < 1.29 is 17.2 Å². The smallest absolute Gasteiger partial charge is 0.253 e. The van der Waals surface area contributed by atoms with Gasteiger partial charge in [0.2, 0.25) is 10.0 Å². The van der Waals surface area contributed by atoms with Gasteiger partial charge in [0, 0.05) is 6.20 Å². The highest BCUT2D eigenvalue weighted by atomic mass is 79.9. The molecule has 0 aliphatic carbocycles. The molecule has 0 spiro atoms. The van der Waals surface area contributed by atoms with Gasteiger partial charge in [-0.15, -0.1) is 0 Å². The highest BCUT2D eigenvalue weighted by Crippen LogP contribution is 2.32. The molecule has 0 bridgehead atoms. The molecular weight excluding hydrogens is 308 g/mol. The standard InChI is InChI=1S/C7H4BrF2N3O2S/c8-4-5(7(9)10)13-2-3(1-11)6(4)16(12,14)15/h2,7H,(H2,12,14,15). The van der Waals surface area contributed by atoms with Gasteiger partial charge in [0.1, 0.15) is 16.7 Å². The predicted octanol–water partition coefficient (Wildman–Crippen LogP) is 1.30. The van der Waals surface area contributed by atoms with Crippen LogP contribution in [0.4, 0.5) is 8.78 Å². The highest BCUT2D eigenvalue weighted by molar-refractivity contribution is 9.10. The van der Waals surface area contributed by atoms with Crippen LogP contribution in [0.1, 0.15) is 17.7 Å². The average Bonchev–Trinajstić information content (AvgIpc) is 2.14. The van der Waals surface area contributed by atoms with Crippen LogP contribution in [0, 0.1) is 11.3 Å². The van der Waals surface area contributed by atoms with Crippen LogP contribution in [-0.2, 0) is 10.0 Å². The minimum absolute atomic E-state index is 0.390. The second-order valence-corrected chi connectivity index (χ2v) is 4.95. The number of nitrogens with zero attached hydrogens (tertiary/aromatic N) is 2. The van der Waals surface area contributed by atoms with Gasteiger partial charge in [0.25, 0.3) is 6.43 Å². The van der Waals surface area contributed by atoms with E-state index >= 15 is 0 Å². The van der Waals surface area contributed by atoms with Crippen molar-refractivity contribution in [2.75, 3.05) is 0 Å². The third-order valence-electron chi connectivity index (χ3n) is 1.61. The van der Waals surface area contributed by atoms with Crippen molar-refractivity contribution in [3.8, 4) is 6.07 Å². The van der Waals surface area contributed by atoms with Crippen molar-refractivity contribution in [2.45, 2.75) is 11.3 Å². The number of pyridine rings is 1. The van der Waals surface area contributed by atoms with E-state index in [0.29, 0.717) is 0 Å². The van der Waals surface area contributed by atoms with E-state index in [1.54, 1.807) is 0 Å². The van der Waals surface area contributed by atoms with Gasteiger partial charge in [0.15, 0.2) is 0 Å². The Balaban J connectivity index is 3.69. The summed E-state index contributed by atoms with van der Waals surface area (Å²) in [7, 11) is -4.27. The van der Waals surface area contributed by atoms with Crippen LogP contribution >= 0.6 is 15.9 Å². The largest absolute Gasteiger partial charge is 0.281 e. The Morgan fingerprint density at radius 3 is 2.50 bits per heavy atom. The van der Waals surface area contributed by atoms with E-state index in [0.717, 1.165) is 6.20 Å². The van der Waals surface area contributed by atoms with Crippen LogP contribution in [0.5, 0.6) is 0 Å². The van der Waals surface area contributed by atoms with Crippen molar-refractivity contribution in [3.63, 3.8) is 0 Å². The lowest BCUT2D eigenvalue weighted by molar-refractivity contribution is 0.144. The molecule has 86 valence electrons. The second kappa shape index (κ2) is 4.40. The van der Waals surface area contributed by atoms with E-state index < -0.39 is 37.1 Å². The molecule has 1 heterocycles. The zero-order chi connectivity index (χ0) is 12.5. The van der Waals surface area contributed by atoms with E-state index in [1.807, 2.05) is 0 Å². The number of hydrogen-bond acceptors (Lipinski definition) is 4. The van der Waals surface area contributed by atoms with Gasteiger partial charge in [-0.3, -0.25) is 4.98 Å². The first-order chi connectivity index (χ1) is 7.29. The number of alkyl halides is 2. The number of rotatable bonds is 2. The van der Waals surface area contributed by atoms with E-state index in [9.17, 15) is 17.2 Å². The fraction of sp³-hybridized carbons (Fsp3) is 0.143. The number of nitriles is 1. The number of sulfonamides is 1. The summed E-state index contributed by atoms with van der Waals surface area (Å²) in [4.78, 5) is 2.60. The minimum atomic E-state index is -4.27. The maximum atomic E-state index is 12.4. The lowest BCUT2D eigenvalue weighted by Gasteiger charge is -2.08. The van der Waals surface area contributed by atoms with E-state index in [4.69, 9.17) is 10.4 Å². The summed E-state index contributed by atoms with van der Waals surface area (Å²) in [5, 5.41) is 13.4. The molecule has 5 nitrogen and oxygen atoms in total. The van der Waals surface area contributed by atoms with Crippen LogP contribution < -0.4 is 5.14 Å². The van der Waals surface area contributed by atoms with E-state index in [-0.39, 0.29) is 0 Å². The summed E-state index contributed by atoms with van der Waals surface area (Å²) < 4.78 is 46.6. The van der Waals surface area contributed by atoms with Crippen molar-refractivity contribution in [1.29, 1.82) is 5.26 Å². The number of hydrogen-bond donors (Lipinski definition) is 1. The van der Waals surface area contributed by atoms with E-state index in [1.165, 1.54) is 6.07 Å². The molecule has 0 saturated heterocycles. The normalized spacial score (nSPS) is 11.5. The number of nitrogens with two attached hydrogens (primary N) is 1. The summed E-state index contributed by atoms with van der Waals surface area (Å²) in [6, 6.07) is 1.51. The summed E-state index contributed by atoms with van der Waals surface area (Å²) in [5.74, 6) is 0. The molecule has 0 saturated carbocycles. The SMILES string of the molecule is N#Cc1cnc(C(F)F)c(Br)c1S(N)(=O)=O. The monoisotopic (exact) mass is 311 g/mol. The first-order valence-electron chi connectivity index (χ1n) is 3.68. The van der Waals surface area contributed by atoms with Gasteiger partial charge >= 0.3 is 0 Å². The summed E-state index contributed by atoms with van der Waals surface area (Å²) >= 11 is 2.66. The molecule has 0 aliphatic rings. The molecule has 0 amide bonds. The van der Waals surface area contributed by atoms with Crippen molar-refractivity contribution in [1.82, 2.24) is 4.98 Å². The average molecular weight is 312 g/mol. The van der Waals surface area contributed by atoms with Gasteiger partial charge in [-0.1, -0.05) is 0 Å². The van der Waals surface area contributed by atoms with Crippen molar-refractivity contribution in [3.05, 3.63) is 21.9 Å². The van der Waals surface area contributed by atoms with Crippen molar-refractivity contribution >= 4 is 26.0 Å². The maximum Gasteiger partial charge on any atom is 0.281 e. The fourth-order valence-corrected chi connectivity index (χ4v) is 2.92. The molecule has 0 aromatic carbocycles. The fourth-order valence-electron chi connectivity index (χ4n) is 0.994. The summed E-state index contributed by atoms with van der Waals surface area (Å²) in [5.41, 5.74) is -1.16.